The molecule has 1 aliphatic heterocycles. The van der Waals surface area contributed by atoms with Crippen LogP contribution in [0.4, 0.5) is 5.82 Å². The van der Waals surface area contributed by atoms with Gasteiger partial charge in [-0.25, -0.2) is 0 Å². The smallest absolute Gasteiger partial charge is 0.222 e. The van der Waals surface area contributed by atoms with Crippen LogP contribution in [-0.2, 0) is 11.2 Å². The molecule has 3 aromatic rings. The number of amides is 1. The second-order valence-electron chi connectivity index (χ2n) is 8.94. The predicted molar refractivity (Wildman–Crippen MR) is 132 cm³/mol. The number of nitrogens with zero attached hydrogens (tertiary/aromatic N) is 6. The fraction of sp³-hybridized carbons (Fsp3) is 0.440. The van der Waals surface area contributed by atoms with Gasteiger partial charge in [0.15, 0.2) is 17.3 Å². The van der Waals surface area contributed by atoms with Crippen molar-refractivity contribution in [1.29, 1.82) is 5.41 Å². The summed E-state index contributed by atoms with van der Waals surface area (Å²) in [4.78, 5) is 19.3. The van der Waals surface area contributed by atoms with Crippen molar-refractivity contribution in [3.8, 4) is 0 Å². The van der Waals surface area contributed by atoms with Crippen LogP contribution in [-0.4, -0.2) is 54.4 Å². The summed E-state index contributed by atoms with van der Waals surface area (Å²) < 4.78 is 1.67. The van der Waals surface area contributed by atoms with Crippen LogP contribution in [0, 0.1) is 18.3 Å². The van der Waals surface area contributed by atoms with Crippen molar-refractivity contribution in [1.82, 2.24) is 29.7 Å². The molecule has 0 unspecified atom stereocenters. The number of carbonyl (C=O) groups is 1. The lowest BCUT2D eigenvalue weighted by atomic mass is 9.91. The molecule has 2 N–H and O–H groups in total. The van der Waals surface area contributed by atoms with Crippen molar-refractivity contribution in [2.45, 2.75) is 52.9 Å². The van der Waals surface area contributed by atoms with E-state index in [1.807, 2.05) is 49.2 Å². The van der Waals surface area contributed by atoms with Crippen LogP contribution in [0.3, 0.4) is 0 Å². The molecule has 0 aromatic carbocycles. The Balaban J connectivity index is 1.32. The van der Waals surface area contributed by atoms with Crippen molar-refractivity contribution in [3.05, 3.63) is 59.3 Å². The highest BCUT2D eigenvalue weighted by atomic mass is 16.2. The van der Waals surface area contributed by atoms with Crippen LogP contribution in [0.25, 0.3) is 5.65 Å². The summed E-state index contributed by atoms with van der Waals surface area (Å²) in [6.45, 7) is 7.11. The van der Waals surface area contributed by atoms with Gasteiger partial charge < -0.3 is 15.6 Å². The normalized spacial score (nSPS) is 15.3. The molecule has 4 rings (SSSR count). The Morgan fingerprint density at radius 1 is 1.12 bits per heavy atom. The second kappa shape index (κ2) is 10.5. The quantitative estimate of drug-likeness (QED) is 0.494. The molecule has 0 spiro atoms. The zero-order chi connectivity index (χ0) is 24.1. The maximum absolute atomic E-state index is 12.9. The summed E-state index contributed by atoms with van der Waals surface area (Å²) in [7, 11) is 0. The van der Waals surface area contributed by atoms with E-state index in [0.717, 1.165) is 49.3 Å². The lowest BCUT2D eigenvalue weighted by Crippen LogP contribution is -2.39. The third-order valence-corrected chi connectivity index (χ3v) is 6.42. The standard InChI is InChI=1S/C25H32N8O/c1-17(26)22(18(2)28-23-8-9-24-30-29-19(3)33(24)31-23)7-10-25(34)32-14-11-20(12-15-32)16-21-6-4-5-13-27-21/h4-6,8-9,13,20,26H,7,10-12,14-16H2,1-3H3,(H,28,31)/b22-18-,26-17?. The Kier molecular flexibility index (Phi) is 7.30. The molecular weight excluding hydrogens is 428 g/mol. The van der Waals surface area contributed by atoms with Crippen LogP contribution >= 0.6 is 0 Å². The highest BCUT2D eigenvalue weighted by molar-refractivity contribution is 5.97. The van der Waals surface area contributed by atoms with Crippen LogP contribution in [0.2, 0.25) is 0 Å². The monoisotopic (exact) mass is 460 g/mol. The molecular formula is C25H32N8O. The van der Waals surface area contributed by atoms with Gasteiger partial charge in [0.1, 0.15) is 0 Å². The third-order valence-electron chi connectivity index (χ3n) is 6.42. The SMILES string of the molecule is CC(=N)/C(CCC(=O)N1CCC(Cc2ccccn2)CC1)=C(/C)Nc1ccc2nnc(C)n2n1. The Bertz CT molecular complexity index is 1190. The molecule has 9 heteroatoms. The van der Waals surface area contributed by atoms with E-state index in [9.17, 15) is 4.79 Å². The van der Waals surface area contributed by atoms with E-state index in [1.54, 1.807) is 11.4 Å². The first-order valence-electron chi connectivity index (χ1n) is 11.8. The Hall–Kier alpha value is -3.62. The van der Waals surface area contributed by atoms with Crippen LogP contribution in [0.5, 0.6) is 0 Å². The second-order valence-corrected chi connectivity index (χ2v) is 8.94. The number of likely N-dealkylation sites (tertiary alicyclic amines) is 1. The molecule has 0 atom stereocenters. The van der Waals surface area contributed by atoms with E-state index in [1.165, 1.54) is 0 Å². The minimum Gasteiger partial charge on any atom is -0.343 e. The molecule has 1 aliphatic rings. The number of hydrogen-bond acceptors (Lipinski definition) is 7. The summed E-state index contributed by atoms with van der Waals surface area (Å²) in [6.07, 6.45) is 5.74. The minimum atomic E-state index is 0.155. The van der Waals surface area contributed by atoms with Crippen molar-refractivity contribution in [2.75, 3.05) is 18.4 Å². The van der Waals surface area contributed by atoms with Gasteiger partial charge in [0.25, 0.3) is 0 Å². The summed E-state index contributed by atoms with van der Waals surface area (Å²) >= 11 is 0. The van der Waals surface area contributed by atoms with E-state index < -0.39 is 0 Å². The number of aryl methyl sites for hydroxylation is 1. The fourth-order valence-corrected chi connectivity index (χ4v) is 4.48. The summed E-state index contributed by atoms with van der Waals surface area (Å²) in [6, 6.07) is 9.72. The van der Waals surface area contributed by atoms with Gasteiger partial charge in [0, 0.05) is 42.8 Å². The molecule has 4 heterocycles. The van der Waals surface area contributed by atoms with E-state index in [-0.39, 0.29) is 5.91 Å². The summed E-state index contributed by atoms with van der Waals surface area (Å²) in [5.41, 5.74) is 3.92. The van der Waals surface area contributed by atoms with Gasteiger partial charge in [-0.05, 0) is 82.2 Å². The topological polar surface area (TPSA) is 112 Å². The first-order chi connectivity index (χ1) is 16.4. The third kappa shape index (κ3) is 5.65. The molecule has 0 radical (unpaired) electrons. The van der Waals surface area contributed by atoms with Gasteiger partial charge in [0.05, 0.1) is 0 Å². The van der Waals surface area contributed by atoms with Crippen molar-refractivity contribution < 1.29 is 4.79 Å². The van der Waals surface area contributed by atoms with Crippen LogP contribution in [0.1, 0.15) is 51.0 Å². The van der Waals surface area contributed by atoms with Crippen molar-refractivity contribution in [2.24, 2.45) is 5.92 Å². The first kappa shape index (κ1) is 23.5. The lowest BCUT2D eigenvalue weighted by Gasteiger charge is -2.32. The van der Waals surface area contributed by atoms with Gasteiger partial charge in [0.2, 0.25) is 5.91 Å². The van der Waals surface area contributed by atoms with Crippen LogP contribution in [0.15, 0.2) is 47.8 Å². The molecule has 0 aliphatic carbocycles. The molecule has 1 amide bonds. The zero-order valence-corrected chi connectivity index (χ0v) is 20.1. The van der Waals surface area contributed by atoms with Gasteiger partial charge in [-0.3, -0.25) is 9.78 Å². The Labute approximate surface area is 199 Å². The van der Waals surface area contributed by atoms with Gasteiger partial charge in [-0.1, -0.05) is 6.07 Å². The average molecular weight is 461 g/mol. The number of hydrogen-bond donors (Lipinski definition) is 2. The Morgan fingerprint density at radius 3 is 2.62 bits per heavy atom. The number of allylic oxidation sites excluding steroid dienone is 2. The number of piperidine rings is 1. The molecule has 178 valence electrons. The largest absolute Gasteiger partial charge is 0.343 e. The molecule has 0 bridgehead atoms. The molecule has 0 saturated carbocycles. The number of carbonyl (C=O) groups excluding carboxylic acids is 1. The first-order valence-corrected chi connectivity index (χ1v) is 11.8. The zero-order valence-electron chi connectivity index (χ0n) is 20.1. The van der Waals surface area contributed by atoms with E-state index >= 15 is 0 Å². The average Bonchev–Trinajstić information content (AvgIpc) is 3.20. The van der Waals surface area contributed by atoms with Gasteiger partial charge >= 0.3 is 0 Å². The van der Waals surface area contributed by atoms with Gasteiger partial charge in [-0.15, -0.1) is 15.3 Å². The van der Waals surface area contributed by atoms with E-state index in [0.29, 0.717) is 41.8 Å². The number of rotatable bonds is 8. The van der Waals surface area contributed by atoms with E-state index in [4.69, 9.17) is 5.41 Å². The molecule has 1 saturated heterocycles. The molecule has 9 nitrogen and oxygen atoms in total. The lowest BCUT2D eigenvalue weighted by molar-refractivity contribution is -0.132. The van der Waals surface area contributed by atoms with E-state index in [2.05, 4.69) is 31.7 Å². The highest BCUT2D eigenvalue weighted by Crippen LogP contribution is 2.23. The predicted octanol–water partition coefficient (Wildman–Crippen LogP) is 3.81. The summed E-state index contributed by atoms with van der Waals surface area (Å²) in [5.74, 6) is 2.08. The number of anilines is 1. The highest BCUT2D eigenvalue weighted by Gasteiger charge is 2.23. The number of nitrogens with one attached hydrogen (secondary N) is 2. The summed E-state index contributed by atoms with van der Waals surface area (Å²) in [5, 5.41) is 24.1. The maximum Gasteiger partial charge on any atom is 0.222 e. The fourth-order valence-electron chi connectivity index (χ4n) is 4.48. The van der Waals surface area contributed by atoms with Gasteiger partial charge in [-0.2, -0.15) is 4.52 Å². The molecule has 1 fully saturated rings. The minimum absolute atomic E-state index is 0.155. The number of aromatic nitrogens is 5. The van der Waals surface area contributed by atoms with Crippen molar-refractivity contribution >= 4 is 23.1 Å². The van der Waals surface area contributed by atoms with Crippen molar-refractivity contribution in [3.63, 3.8) is 0 Å². The maximum atomic E-state index is 12.9. The molecule has 3 aromatic heterocycles. The number of fused-ring (bicyclic) bond motifs is 1. The Morgan fingerprint density at radius 2 is 1.91 bits per heavy atom. The van der Waals surface area contributed by atoms with Crippen LogP contribution < -0.4 is 5.32 Å². The number of pyridine rings is 1. The molecule has 34 heavy (non-hydrogen) atoms.